The number of aliphatic hydroxyl groups is 2. The molecule has 0 aliphatic rings. The minimum Gasteiger partial charge on any atom is -0.394 e. The Morgan fingerprint density at radius 3 is 0.789 bits per heavy atom. The lowest BCUT2D eigenvalue weighted by molar-refractivity contribution is -0.123. The summed E-state index contributed by atoms with van der Waals surface area (Å²) in [4.78, 5) is 12.6. The minimum absolute atomic E-state index is 0.0209. The number of unbranched alkanes of at least 4 members (excludes halogenated alkanes) is 56. The van der Waals surface area contributed by atoms with Crippen molar-refractivity contribution in [2.45, 2.75) is 424 Å². The van der Waals surface area contributed by atoms with Crippen LogP contribution in [0.15, 0.2) is 24.3 Å². The molecule has 0 bridgehead atoms. The van der Waals surface area contributed by atoms with Crippen LogP contribution in [0, 0.1) is 0 Å². The van der Waals surface area contributed by atoms with Gasteiger partial charge in [-0.15, -0.1) is 0 Å². The number of hydrogen-bond donors (Lipinski definition) is 3. The van der Waals surface area contributed by atoms with Crippen molar-refractivity contribution in [3.63, 3.8) is 0 Å². The zero-order valence-corrected chi connectivity index (χ0v) is 52.3. The maximum Gasteiger partial charge on any atom is 0.220 e. The molecule has 0 rings (SSSR count). The highest BCUT2D eigenvalue weighted by Gasteiger charge is 2.20. The molecule has 0 aromatic rings. The van der Waals surface area contributed by atoms with Gasteiger partial charge in [-0.05, 0) is 44.9 Å². The number of allylic oxidation sites excluding steroid dienone is 4. The molecule has 0 radical (unpaired) electrons. The summed E-state index contributed by atoms with van der Waals surface area (Å²) < 4.78 is 0. The summed E-state index contributed by atoms with van der Waals surface area (Å²) >= 11 is 0. The molecule has 0 fully saturated rings. The Hall–Kier alpha value is -1.13. The second-order valence-electron chi connectivity index (χ2n) is 24.7. The number of amides is 1. The van der Waals surface area contributed by atoms with Crippen molar-refractivity contribution in [3.8, 4) is 0 Å². The number of aliphatic hydroxyl groups excluding tert-OH is 2. The van der Waals surface area contributed by atoms with Crippen LogP contribution in [0.25, 0.3) is 0 Å². The van der Waals surface area contributed by atoms with E-state index in [4.69, 9.17) is 0 Å². The van der Waals surface area contributed by atoms with E-state index < -0.39 is 12.1 Å². The Morgan fingerprint density at radius 2 is 0.539 bits per heavy atom. The fraction of sp³-hybridized carbons (Fsp3) is 0.931. The highest BCUT2D eigenvalue weighted by molar-refractivity contribution is 5.76. The average molecular weight is 1070 g/mol. The predicted molar refractivity (Wildman–Crippen MR) is 341 cm³/mol. The number of nitrogens with one attached hydrogen (secondary N) is 1. The fourth-order valence-electron chi connectivity index (χ4n) is 11.6. The van der Waals surface area contributed by atoms with Crippen LogP contribution in [0.4, 0.5) is 0 Å². The summed E-state index contributed by atoms with van der Waals surface area (Å²) in [6, 6.07) is -0.534. The van der Waals surface area contributed by atoms with E-state index in [0.717, 1.165) is 32.1 Å². The molecule has 76 heavy (non-hydrogen) atoms. The van der Waals surface area contributed by atoms with Crippen molar-refractivity contribution in [2.75, 3.05) is 6.61 Å². The average Bonchev–Trinajstić information content (AvgIpc) is 3.42. The molecule has 4 nitrogen and oxygen atoms in total. The van der Waals surface area contributed by atoms with Crippen LogP contribution in [-0.4, -0.2) is 34.9 Å². The first-order valence-corrected chi connectivity index (χ1v) is 35.5. The third kappa shape index (κ3) is 63.7. The van der Waals surface area contributed by atoms with Crippen LogP contribution in [0.5, 0.6) is 0 Å². The standard InChI is InChI=1S/C72H141NO3/c1-3-5-7-9-11-13-15-17-19-21-23-25-27-29-30-31-32-33-34-35-36-37-38-39-40-41-42-44-46-48-50-52-54-56-58-60-62-64-66-68-72(76)73-70(69-74)71(75)67-65-63-61-59-57-55-53-51-49-47-45-43-28-26-24-22-20-18-16-14-12-10-8-6-4-2/h15,17,21,23,70-71,74-75H,3-14,16,18-20,22,24-69H2,1-2H3,(H,73,76)/b17-15-,23-21-. The molecule has 0 heterocycles. The third-order valence-corrected chi connectivity index (χ3v) is 17.0. The van der Waals surface area contributed by atoms with Crippen molar-refractivity contribution < 1.29 is 15.0 Å². The van der Waals surface area contributed by atoms with Gasteiger partial charge in [-0.2, -0.15) is 0 Å². The Labute approximate surface area is 479 Å². The Bertz CT molecular complexity index is 1120. The highest BCUT2D eigenvalue weighted by Crippen LogP contribution is 2.20. The SMILES string of the molecule is CCCCCCC/C=C\C/C=C\CCCCCCCCCCCCCCCCCCCCCCCCCCCCCC(=O)NC(CO)C(O)CCCCCCCCCCCCCCCCCCCCCCCCCCC. The molecule has 3 N–H and O–H groups in total. The quantitative estimate of drug-likeness (QED) is 0.0420. The first kappa shape index (κ1) is 74.9. The topological polar surface area (TPSA) is 69.6 Å². The summed E-state index contributed by atoms with van der Waals surface area (Å²) in [5.74, 6) is -0.0209. The van der Waals surface area contributed by atoms with Gasteiger partial charge in [0.15, 0.2) is 0 Å². The van der Waals surface area contributed by atoms with E-state index in [2.05, 4.69) is 43.5 Å². The van der Waals surface area contributed by atoms with Crippen LogP contribution in [0.3, 0.4) is 0 Å². The van der Waals surface area contributed by atoms with E-state index in [1.807, 2.05) is 0 Å². The van der Waals surface area contributed by atoms with E-state index in [9.17, 15) is 15.0 Å². The molecule has 4 heteroatoms. The molecule has 1 amide bonds. The molecule has 0 aromatic heterocycles. The van der Waals surface area contributed by atoms with E-state index in [1.165, 1.54) is 353 Å². The summed E-state index contributed by atoms with van der Waals surface area (Å²) in [5.41, 5.74) is 0. The monoisotopic (exact) mass is 1070 g/mol. The molecule has 0 spiro atoms. The van der Waals surface area contributed by atoms with Crippen molar-refractivity contribution in [1.82, 2.24) is 5.32 Å². The van der Waals surface area contributed by atoms with Gasteiger partial charge in [-0.1, -0.05) is 385 Å². The Kier molecular flexibility index (Phi) is 67.1. The maximum atomic E-state index is 12.6. The molecule has 0 saturated heterocycles. The van der Waals surface area contributed by atoms with E-state index in [1.54, 1.807) is 0 Å². The summed E-state index contributed by atoms with van der Waals surface area (Å²) in [6.45, 7) is 4.40. The predicted octanol–water partition coefficient (Wildman–Crippen LogP) is 24.2. The maximum absolute atomic E-state index is 12.6. The molecule has 2 unspecified atom stereocenters. The van der Waals surface area contributed by atoms with Crippen LogP contribution in [-0.2, 0) is 4.79 Å². The molecular weight excluding hydrogens is 927 g/mol. The number of hydrogen-bond acceptors (Lipinski definition) is 3. The lowest BCUT2D eigenvalue weighted by Gasteiger charge is -2.22. The molecule has 0 saturated carbocycles. The van der Waals surface area contributed by atoms with E-state index in [-0.39, 0.29) is 12.5 Å². The lowest BCUT2D eigenvalue weighted by Crippen LogP contribution is -2.45. The molecule has 0 aliphatic carbocycles. The van der Waals surface area contributed by atoms with Crippen LogP contribution < -0.4 is 5.32 Å². The number of carbonyl (C=O) groups is 1. The van der Waals surface area contributed by atoms with Gasteiger partial charge >= 0.3 is 0 Å². The molecule has 0 aliphatic heterocycles. The van der Waals surface area contributed by atoms with Crippen LogP contribution in [0.1, 0.15) is 412 Å². The van der Waals surface area contributed by atoms with Crippen LogP contribution in [0.2, 0.25) is 0 Å². The fourth-order valence-corrected chi connectivity index (χ4v) is 11.6. The van der Waals surface area contributed by atoms with Crippen LogP contribution >= 0.6 is 0 Å². The van der Waals surface area contributed by atoms with Gasteiger partial charge in [0.1, 0.15) is 0 Å². The molecular formula is C72H141NO3. The first-order chi connectivity index (χ1) is 37.7. The normalized spacial score (nSPS) is 12.7. The molecule has 0 aromatic carbocycles. The minimum atomic E-state index is -0.658. The summed E-state index contributed by atoms with van der Waals surface area (Å²) in [6.07, 6.45) is 92.5. The first-order valence-electron chi connectivity index (χ1n) is 35.5. The largest absolute Gasteiger partial charge is 0.394 e. The van der Waals surface area contributed by atoms with Gasteiger partial charge < -0.3 is 15.5 Å². The Balaban J connectivity index is 3.36. The van der Waals surface area contributed by atoms with Gasteiger partial charge in [-0.3, -0.25) is 4.79 Å². The second-order valence-corrected chi connectivity index (χ2v) is 24.7. The lowest BCUT2D eigenvalue weighted by atomic mass is 10.0. The van der Waals surface area contributed by atoms with Gasteiger partial charge in [0.05, 0.1) is 18.8 Å². The van der Waals surface area contributed by atoms with Crippen molar-refractivity contribution in [3.05, 3.63) is 24.3 Å². The molecule has 2 atom stereocenters. The van der Waals surface area contributed by atoms with Gasteiger partial charge in [0, 0.05) is 6.42 Å². The highest BCUT2D eigenvalue weighted by atomic mass is 16.3. The summed E-state index contributed by atoms with van der Waals surface area (Å²) in [7, 11) is 0. The van der Waals surface area contributed by atoms with Gasteiger partial charge in [0.25, 0.3) is 0 Å². The van der Waals surface area contributed by atoms with Gasteiger partial charge in [0.2, 0.25) is 5.91 Å². The van der Waals surface area contributed by atoms with Crippen molar-refractivity contribution >= 4 is 5.91 Å². The second kappa shape index (κ2) is 68.1. The van der Waals surface area contributed by atoms with E-state index in [0.29, 0.717) is 12.8 Å². The third-order valence-electron chi connectivity index (χ3n) is 17.0. The number of rotatable bonds is 67. The van der Waals surface area contributed by atoms with Crippen molar-refractivity contribution in [2.24, 2.45) is 0 Å². The Morgan fingerprint density at radius 1 is 0.316 bits per heavy atom. The van der Waals surface area contributed by atoms with Gasteiger partial charge in [-0.25, -0.2) is 0 Å². The van der Waals surface area contributed by atoms with Crippen molar-refractivity contribution in [1.29, 1.82) is 0 Å². The smallest absolute Gasteiger partial charge is 0.220 e. The zero-order chi connectivity index (χ0) is 54.8. The zero-order valence-electron chi connectivity index (χ0n) is 52.3. The number of carbonyl (C=O) groups excluding carboxylic acids is 1. The summed E-state index contributed by atoms with van der Waals surface area (Å²) in [5, 5.41) is 23.5. The van der Waals surface area contributed by atoms with E-state index >= 15 is 0 Å². The molecule has 452 valence electrons.